The van der Waals surface area contributed by atoms with Crippen LogP contribution >= 0.6 is 0 Å². The molecule has 0 aromatic carbocycles. The maximum Gasteiger partial charge on any atom is 0.393 e. The molecule has 0 saturated carbocycles. The van der Waals surface area contributed by atoms with Crippen molar-refractivity contribution in [2.45, 2.75) is 19.5 Å². The highest BCUT2D eigenvalue weighted by Crippen LogP contribution is 2.25. The maximum atomic E-state index is 12.1. The average Bonchev–Trinajstić information content (AvgIpc) is 2.14. The zero-order valence-corrected chi connectivity index (χ0v) is 8.95. The first-order chi connectivity index (χ1) is 7.78. The summed E-state index contributed by atoms with van der Waals surface area (Å²) >= 11 is 0. The summed E-state index contributed by atoms with van der Waals surface area (Å²) in [4.78, 5) is 14.6. The molecule has 0 aliphatic carbocycles. The van der Waals surface area contributed by atoms with E-state index in [2.05, 4.69) is 4.98 Å². The lowest BCUT2D eigenvalue weighted by Gasteiger charge is -2.07. The minimum absolute atomic E-state index is 0.388. The van der Waals surface area contributed by atoms with Crippen molar-refractivity contribution in [1.82, 2.24) is 4.98 Å². The summed E-state index contributed by atoms with van der Waals surface area (Å²) in [5.74, 6) is -1.57. The quantitative estimate of drug-likeness (QED) is 0.833. The number of nitrogens with zero attached hydrogens (tertiary/aromatic N) is 1. The normalized spacial score (nSPS) is 12.6. The van der Waals surface area contributed by atoms with Crippen molar-refractivity contribution in [2.24, 2.45) is 0 Å². The fraction of sp³-hybridized carbons (Fsp3) is 0.273. The second kappa shape index (κ2) is 4.99. The zero-order chi connectivity index (χ0) is 13.1. The molecule has 0 unspecified atom stereocenters. The molecule has 0 fully saturated rings. The van der Waals surface area contributed by atoms with E-state index in [0.717, 1.165) is 6.08 Å². The SMILES string of the molecule is Cc1cc(C=C(CC(F)(F)F)C(=O)O)ccn1. The number of aromatic nitrogens is 1. The summed E-state index contributed by atoms with van der Waals surface area (Å²) < 4.78 is 36.4. The van der Waals surface area contributed by atoms with E-state index in [1.54, 1.807) is 6.92 Å². The van der Waals surface area contributed by atoms with Gasteiger partial charge in [0.05, 0.1) is 6.42 Å². The minimum atomic E-state index is -4.54. The molecule has 3 nitrogen and oxygen atoms in total. The second-order valence-corrected chi connectivity index (χ2v) is 3.50. The largest absolute Gasteiger partial charge is 0.478 e. The summed E-state index contributed by atoms with van der Waals surface area (Å²) in [6.45, 7) is 1.67. The van der Waals surface area contributed by atoms with Gasteiger partial charge in [0.1, 0.15) is 0 Å². The number of alkyl halides is 3. The van der Waals surface area contributed by atoms with Crippen LogP contribution in [0.3, 0.4) is 0 Å². The monoisotopic (exact) mass is 245 g/mol. The molecule has 1 aromatic rings. The third-order valence-electron chi connectivity index (χ3n) is 1.93. The molecule has 0 amide bonds. The predicted octanol–water partition coefficient (Wildman–Crippen LogP) is 2.81. The Hall–Kier alpha value is -1.85. The molecular formula is C11H10F3NO2. The first-order valence-corrected chi connectivity index (χ1v) is 4.71. The number of hydrogen-bond donors (Lipinski definition) is 1. The van der Waals surface area contributed by atoms with Gasteiger partial charge in [-0.3, -0.25) is 4.98 Å². The third-order valence-corrected chi connectivity index (χ3v) is 1.93. The van der Waals surface area contributed by atoms with Crippen LogP contribution in [0.2, 0.25) is 0 Å². The number of carbonyl (C=O) groups is 1. The van der Waals surface area contributed by atoms with Gasteiger partial charge in [-0.1, -0.05) is 0 Å². The average molecular weight is 245 g/mol. The first-order valence-electron chi connectivity index (χ1n) is 4.71. The molecule has 0 spiro atoms. The van der Waals surface area contributed by atoms with E-state index in [1.165, 1.54) is 18.3 Å². The highest BCUT2D eigenvalue weighted by molar-refractivity contribution is 5.92. The molecule has 1 rings (SSSR count). The number of aliphatic carboxylic acids is 1. The van der Waals surface area contributed by atoms with E-state index in [1.807, 2.05) is 0 Å². The fourth-order valence-electron chi connectivity index (χ4n) is 1.26. The van der Waals surface area contributed by atoms with E-state index in [0.29, 0.717) is 11.3 Å². The predicted molar refractivity (Wildman–Crippen MR) is 55.3 cm³/mol. The molecule has 0 aliphatic heterocycles. The van der Waals surface area contributed by atoms with E-state index < -0.39 is 24.1 Å². The van der Waals surface area contributed by atoms with Gasteiger partial charge in [-0.25, -0.2) is 4.79 Å². The minimum Gasteiger partial charge on any atom is -0.478 e. The summed E-state index contributed by atoms with van der Waals surface area (Å²) in [5.41, 5.74) is 0.303. The van der Waals surface area contributed by atoms with Crippen LogP contribution in [0.25, 0.3) is 6.08 Å². The standard InChI is InChI=1S/C11H10F3NO2/c1-7-4-8(2-3-15-7)5-9(10(16)17)6-11(12,13)14/h2-5H,6H2,1H3,(H,16,17). The van der Waals surface area contributed by atoms with Gasteiger partial charge in [0.25, 0.3) is 0 Å². The Morgan fingerprint density at radius 3 is 2.65 bits per heavy atom. The number of aryl methyl sites for hydroxylation is 1. The molecule has 1 N–H and O–H groups in total. The Morgan fingerprint density at radius 1 is 1.53 bits per heavy atom. The van der Waals surface area contributed by atoms with Crippen LogP contribution in [0.5, 0.6) is 0 Å². The Morgan fingerprint density at radius 2 is 2.18 bits per heavy atom. The van der Waals surface area contributed by atoms with E-state index in [-0.39, 0.29) is 0 Å². The van der Waals surface area contributed by atoms with Gasteiger partial charge in [-0.05, 0) is 30.7 Å². The van der Waals surface area contributed by atoms with Crippen LogP contribution in [0.15, 0.2) is 23.9 Å². The van der Waals surface area contributed by atoms with Crippen molar-refractivity contribution in [3.63, 3.8) is 0 Å². The molecule has 0 bridgehead atoms. The molecule has 92 valence electrons. The topological polar surface area (TPSA) is 50.2 Å². The van der Waals surface area contributed by atoms with Crippen LogP contribution in [0.4, 0.5) is 13.2 Å². The van der Waals surface area contributed by atoms with E-state index in [9.17, 15) is 18.0 Å². The van der Waals surface area contributed by atoms with Crippen molar-refractivity contribution >= 4 is 12.0 Å². The number of carboxylic acids is 1. The number of hydrogen-bond acceptors (Lipinski definition) is 2. The molecule has 0 radical (unpaired) electrons. The number of rotatable bonds is 3. The van der Waals surface area contributed by atoms with Crippen molar-refractivity contribution in [2.75, 3.05) is 0 Å². The van der Waals surface area contributed by atoms with Crippen LogP contribution in [-0.4, -0.2) is 22.2 Å². The summed E-state index contributed by atoms with van der Waals surface area (Å²) in [6, 6.07) is 2.96. The lowest BCUT2D eigenvalue weighted by molar-refractivity contribution is -0.142. The van der Waals surface area contributed by atoms with Crippen molar-refractivity contribution in [3.05, 3.63) is 35.2 Å². The van der Waals surface area contributed by atoms with Crippen LogP contribution in [-0.2, 0) is 4.79 Å². The lowest BCUT2D eigenvalue weighted by atomic mass is 10.1. The van der Waals surface area contributed by atoms with Crippen molar-refractivity contribution < 1.29 is 23.1 Å². The summed E-state index contributed by atoms with van der Waals surface area (Å²) in [7, 11) is 0. The van der Waals surface area contributed by atoms with Crippen molar-refractivity contribution in [3.8, 4) is 0 Å². The lowest BCUT2D eigenvalue weighted by Crippen LogP contribution is -2.13. The van der Waals surface area contributed by atoms with Gasteiger partial charge in [0.2, 0.25) is 0 Å². The van der Waals surface area contributed by atoms with Gasteiger partial charge < -0.3 is 5.11 Å². The first kappa shape index (κ1) is 13.2. The van der Waals surface area contributed by atoms with E-state index >= 15 is 0 Å². The zero-order valence-electron chi connectivity index (χ0n) is 8.95. The van der Waals surface area contributed by atoms with Gasteiger partial charge in [-0.15, -0.1) is 0 Å². The maximum absolute atomic E-state index is 12.1. The molecule has 17 heavy (non-hydrogen) atoms. The Balaban J connectivity index is 3.03. The molecule has 0 aliphatic rings. The molecular weight excluding hydrogens is 235 g/mol. The fourth-order valence-corrected chi connectivity index (χ4v) is 1.26. The van der Waals surface area contributed by atoms with Gasteiger partial charge >= 0.3 is 12.1 Å². The van der Waals surface area contributed by atoms with Crippen LogP contribution in [0.1, 0.15) is 17.7 Å². The molecule has 1 aromatic heterocycles. The molecule has 0 atom stereocenters. The van der Waals surface area contributed by atoms with Gasteiger partial charge in [-0.2, -0.15) is 13.2 Å². The van der Waals surface area contributed by atoms with Gasteiger partial charge in [0, 0.05) is 17.5 Å². The smallest absolute Gasteiger partial charge is 0.393 e. The molecule has 1 heterocycles. The Labute approximate surface area is 95.6 Å². The van der Waals surface area contributed by atoms with Crippen LogP contribution < -0.4 is 0 Å². The number of halogens is 3. The third kappa shape index (κ3) is 4.67. The highest BCUT2D eigenvalue weighted by Gasteiger charge is 2.31. The number of carboxylic acid groups (broad SMARTS) is 1. The highest BCUT2D eigenvalue weighted by atomic mass is 19.4. The molecule has 0 saturated heterocycles. The Bertz CT molecular complexity index is 452. The van der Waals surface area contributed by atoms with Crippen LogP contribution in [0, 0.1) is 6.92 Å². The summed E-state index contributed by atoms with van der Waals surface area (Å²) in [6.07, 6.45) is -3.57. The van der Waals surface area contributed by atoms with E-state index in [4.69, 9.17) is 5.11 Å². The summed E-state index contributed by atoms with van der Waals surface area (Å²) in [5, 5.41) is 8.68. The van der Waals surface area contributed by atoms with Gasteiger partial charge in [0.15, 0.2) is 0 Å². The Kier molecular flexibility index (Phi) is 3.88. The second-order valence-electron chi connectivity index (χ2n) is 3.50. The molecule has 6 heteroatoms. The number of pyridine rings is 1. The van der Waals surface area contributed by atoms with Crippen molar-refractivity contribution in [1.29, 1.82) is 0 Å².